The number of imide groups is 1. The van der Waals surface area contributed by atoms with Gasteiger partial charge in [-0.25, -0.2) is 4.79 Å². The molecule has 0 spiro atoms. The topological polar surface area (TPSA) is 71.1 Å². The molecule has 0 radical (unpaired) electrons. The van der Waals surface area contributed by atoms with E-state index in [1.165, 1.54) is 0 Å². The van der Waals surface area contributed by atoms with Crippen LogP contribution in [-0.2, 0) is 4.79 Å². The van der Waals surface area contributed by atoms with Gasteiger partial charge in [-0.3, -0.25) is 15.1 Å². The van der Waals surface area contributed by atoms with Gasteiger partial charge in [-0.1, -0.05) is 24.3 Å². The van der Waals surface area contributed by atoms with E-state index in [-0.39, 0.29) is 5.91 Å². The van der Waals surface area contributed by atoms with Gasteiger partial charge in [-0.05, 0) is 30.2 Å². The third-order valence-corrected chi connectivity index (χ3v) is 3.23. The fraction of sp³-hybridized carbons (Fsp3) is 0.133. The summed E-state index contributed by atoms with van der Waals surface area (Å²) >= 11 is 0. The minimum atomic E-state index is -0.609. The molecule has 1 fully saturated rings. The highest BCUT2D eigenvalue weighted by molar-refractivity contribution is 6.04. The Balaban J connectivity index is 1.88. The van der Waals surface area contributed by atoms with Crippen molar-refractivity contribution in [2.24, 2.45) is 0 Å². The van der Waals surface area contributed by atoms with Gasteiger partial charge in [0.15, 0.2) is 0 Å². The smallest absolute Gasteiger partial charge is 0.322 e. The normalized spacial score (nSPS) is 17.8. The second-order valence-electron chi connectivity index (χ2n) is 4.74. The minimum absolute atomic E-state index is 0.323. The number of carbonyl (C=O) groups excluding carboxylic acids is 2. The molecule has 1 aliphatic rings. The summed E-state index contributed by atoms with van der Waals surface area (Å²) in [5, 5.41) is 4.79. The van der Waals surface area contributed by atoms with Gasteiger partial charge >= 0.3 is 6.03 Å². The van der Waals surface area contributed by atoms with E-state index in [0.29, 0.717) is 0 Å². The second kappa shape index (κ2) is 4.77. The van der Waals surface area contributed by atoms with E-state index in [1.54, 1.807) is 6.20 Å². The first kappa shape index (κ1) is 12.3. The molecule has 1 saturated heterocycles. The maximum atomic E-state index is 11.6. The number of carbonyl (C=O) groups is 2. The van der Waals surface area contributed by atoms with E-state index in [1.807, 2.05) is 43.3 Å². The molecular formula is C15H13N3O2. The van der Waals surface area contributed by atoms with Crippen LogP contribution in [0.1, 0.15) is 17.2 Å². The summed E-state index contributed by atoms with van der Waals surface area (Å²) in [6.07, 6.45) is 1.77. The van der Waals surface area contributed by atoms with Crippen LogP contribution >= 0.6 is 0 Å². The summed E-state index contributed by atoms with van der Waals surface area (Å²) in [5.41, 5.74) is 3.75. The number of rotatable bonds is 2. The van der Waals surface area contributed by atoms with Crippen molar-refractivity contribution in [3.05, 3.63) is 53.7 Å². The van der Waals surface area contributed by atoms with Gasteiger partial charge in [0.25, 0.3) is 5.91 Å². The van der Waals surface area contributed by atoms with Crippen molar-refractivity contribution in [1.29, 1.82) is 0 Å². The lowest BCUT2D eigenvalue weighted by Crippen LogP contribution is -2.22. The van der Waals surface area contributed by atoms with Crippen LogP contribution in [0.25, 0.3) is 11.3 Å². The molecular weight excluding hydrogens is 254 g/mol. The van der Waals surface area contributed by atoms with Gasteiger partial charge in [0.05, 0.1) is 5.69 Å². The van der Waals surface area contributed by atoms with E-state index in [2.05, 4.69) is 15.6 Å². The summed E-state index contributed by atoms with van der Waals surface area (Å²) in [7, 11) is 0. The molecule has 5 heteroatoms. The Labute approximate surface area is 116 Å². The van der Waals surface area contributed by atoms with Gasteiger partial charge < -0.3 is 5.32 Å². The maximum absolute atomic E-state index is 11.6. The number of benzene rings is 1. The molecule has 2 aromatic rings. The zero-order valence-corrected chi connectivity index (χ0v) is 10.9. The molecule has 5 nitrogen and oxygen atoms in total. The lowest BCUT2D eigenvalue weighted by molar-refractivity contribution is -0.120. The number of amides is 3. The maximum Gasteiger partial charge on any atom is 0.322 e. The first-order valence-electron chi connectivity index (χ1n) is 6.28. The highest BCUT2D eigenvalue weighted by atomic mass is 16.2. The summed E-state index contributed by atoms with van der Waals surface area (Å²) in [6, 6.07) is 10.3. The number of nitrogens with one attached hydrogen (secondary N) is 2. The van der Waals surface area contributed by atoms with Crippen molar-refractivity contribution < 1.29 is 9.59 Å². The summed E-state index contributed by atoms with van der Waals surface area (Å²) in [5.74, 6) is -0.323. The summed E-state index contributed by atoms with van der Waals surface area (Å²) < 4.78 is 0. The Bertz CT molecular complexity index is 680. The average molecular weight is 267 g/mol. The molecule has 3 amide bonds. The number of pyridine rings is 1. The second-order valence-corrected chi connectivity index (χ2v) is 4.74. The van der Waals surface area contributed by atoms with Crippen LogP contribution in [0.4, 0.5) is 4.79 Å². The van der Waals surface area contributed by atoms with Gasteiger partial charge in [-0.2, -0.15) is 0 Å². The number of hydrogen-bond donors (Lipinski definition) is 2. The average Bonchev–Trinajstić information content (AvgIpc) is 2.78. The van der Waals surface area contributed by atoms with E-state index in [0.717, 1.165) is 22.4 Å². The third kappa shape index (κ3) is 2.25. The van der Waals surface area contributed by atoms with E-state index < -0.39 is 12.1 Å². The predicted octanol–water partition coefficient (Wildman–Crippen LogP) is 1.94. The highest BCUT2D eigenvalue weighted by Gasteiger charge is 2.30. The molecule has 1 aromatic heterocycles. The SMILES string of the molecule is Cc1ccnc(-c2ccc(C3NC(=O)NC3=O)cc2)c1. The van der Waals surface area contributed by atoms with E-state index in [9.17, 15) is 9.59 Å². The van der Waals surface area contributed by atoms with Crippen LogP contribution in [0.2, 0.25) is 0 Å². The molecule has 0 bridgehead atoms. The van der Waals surface area contributed by atoms with Crippen molar-refractivity contribution >= 4 is 11.9 Å². The van der Waals surface area contributed by atoms with Crippen LogP contribution in [0.3, 0.4) is 0 Å². The molecule has 100 valence electrons. The Hall–Kier alpha value is -2.69. The molecule has 0 saturated carbocycles. The largest absolute Gasteiger partial charge is 0.322 e. The first-order valence-corrected chi connectivity index (χ1v) is 6.28. The molecule has 2 N–H and O–H groups in total. The Morgan fingerprint density at radius 1 is 1.10 bits per heavy atom. The zero-order chi connectivity index (χ0) is 14.1. The standard InChI is InChI=1S/C15H13N3O2/c1-9-6-7-16-12(8-9)10-2-4-11(5-3-10)13-14(19)18-15(20)17-13/h2-8,13H,1H3,(H2,17,18,19,20). The molecule has 1 atom stereocenters. The van der Waals surface area contributed by atoms with Crippen LogP contribution in [-0.4, -0.2) is 16.9 Å². The lowest BCUT2D eigenvalue weighted by Gasteiger charge is -2.08. The van der Waals surface area contributed by atoms with Gasteiger partial charge in [0, 0.05) is 11.8 Å². The van der Waals surface area contributed by atoms with Crippen LogP contribution in [0.5, 0.6) is 0 Å². The van der Waals surface area contributed by atoms with Crippen molar-refractivity contribution in [3.8, 4) is 11.3 Å². The fourth-order valence-electron chi connectivity index (χ4n) is 2.19. The third-order valence-electron chi connectivity index (χ3n) is 3.23. The molecule has 0 aliphatic carbocycles. The molecule has 3 rings (SSSR count). The highest BCUT2D eigenvalue weighted by Crippen LogP contribution is 2.22. The number of urea groups is 1. The molecule has 1 unspecified atom stereocenters. The van der Waals surface area contributed by atoms with Gasteiger partial charge in [-0.15, -0.1) is 0 Å². The molecule has 1 aliphatic heterocycles. The van der Waals surface area contributed by atoms with Crippen molar-refractivity contribution in [3.63, 3.8) is 0 Å². The number of aromatic nitrogens is 1. The monoisotopic (exact) mass is 267 g/mol. The number of aryl methyl sites for hydroxylation is 1. The summed E-state index contributed by atoms with van der Waals surface area (Å²) in [6.45, 7) is 2.01. The van der Waals surface area contributed by atoms with Gasteiger partial charge in [0.1, 0.15) is 6.04 Å². The number of nitrogens with zero attached hydrogens (tertiary/aromatic N) is 1. The Morgan fingerprint density at radius 2 is 1.85 bits per heavy atom. The number of hydrogen-bond acceptors (Lipinski definition) is 3. The zero-order valence-electron chi connectivity index (χ0n) is 10.9. The quantitative estimate of drug-likeness (QED) is 0.817. The predicted molar refractivity (Wildman–Crippen MR) is 73.8 cm³/mol. The molecule has 1 aromatic carbocycles. The van der Waals surface area contributed by atoms with Crippen molar-refractivity contribution in [1.82, 2.24) is 15.6 Å². The van der Waals surface area contributed by atoms with E-state index >= 15 is 0 Å². The van der Waals surface area contributed by atoms with Crippen LogP contribution in [0, 0.1) is 6.92 Å². The first-order chi connectivity index (χ1) is 9.63. The minimum Gasteiger partial charge on any atom is -0.322 e. The van der Waals surface area contributed by atoms with Crippen molar-refractivity contribution in [2.75, 3.05) is 0 Å². The van der Waals surface area contributed by atoms with Gasteiger partial charge in [0.2, 0.25) is 0 Å². The van der Waals surface area contributed by atoms with Crippen molar-refractivity contribution in [2.45, 2.75) is 13.0 Å². The summed E-state index contributed by atoms with van der Waals surface area (Å²) in [4.78, 5) is 27.0. The Kier molecular flexibility index (Phi) is 2.95. The molecule has 2 heterocycles. The fourth-order valence-corrected chi connectivity index (χ4v) is 2.19. The van der Waals surface area contributed by atoms with E-state index in [4.69, 9.17) is 0 Å². The lowest BCUT2D eigenvalue weighted by atomic mass is 10.0. The Morgan fingerprint density at radius 3 is 2.45 bits per heavy atom. The molecule has 20 heavy (non-hydrogen) atoms. The van der Waals surface area contributed by atoms with Crippen LogP contribution in [0.15, 0.2) is 42.6 Å². The van der Waals surface area contributed by atoms with Crippen LogP contribution < -0.4 is 10.6 Å².